The first-order valence-electron chi connectivity index (χ1n) is 9.73. The minimum Gasteiger partial charge on any atom is -0.491 e. The van der Waals surface area contributed by atoms with E-state index in [2.05, 4.69) is 16.7 Å². The van der Waals surface area contributed by atoms with Crippen LogP contribution in [0.4, 0.5) is 10.5 Å². The predicted molar refractivity (Wildman–Crippen MR) is 108 cm³/mol. The fourth-order valence-corrected chi connectivity index (χ4v) is 3.35. The standard InChI is InChI=1S/C22H26N2O4/c1-2-27-21(25)18-11-5-6-12-19(18)24-22(26)23-14-15-28-20-13-7-9-16-8-3-4-10-17(16)20/h5-7,9,11-13H,2-4,8,10,14-15H2,1H3,(H2,23,24,26). The summed E-state index contributed by atoms with van der Waals surface area (Å²) in [4.78, 5) is 24.1. The van der Waals surface area contributed by atoms with E-state index < -0.39 is 12.0 Å². The molecule has 0 spiro atoms. The van der Waals surface area contributed by atoms with Crippen LogP contribution in [0.5, 0.6) is 5.75 Å². The van der Waals surface area contributed by atoms with Gasteiger partial charge in [0.1, 0.15) is 12.4 Å². The van der Waals surface area contributed by atoms with Gasteiger partial charge in [0.05, 0.1) is 24.4 Å². The highest BCUT2D eigenvalue weighted by Crippen LogP contribution is 2.29. The van der Waals surface area contributed by atoms with Crippen molar-refractivity contribution in [2.45, 2.75) is 32.6 Å². The summed E-state index contributed by atoms with van der Waals surface area (Å²) in [5, 5.41) is 5.44. The van der Waals surface area contributed by atoms with E-state index in [9.17, 15) is 9.59 Å². The number of carbonyl (C=O) groups is 2. The van der Waals surface area contributed by atoms with Gasteiger partial charge in [0.25, 0.3) is 0 Å². The van der Waals surface area contributed by atoms with Gasteiger partial charge in [0.2, 0.25) is 0 Å². The number of hydrogen-bond donors (Lipinski definition) is 2. The van der Waals surface area contributed by atoms with E-state index in [4.69, 9.17) is 9.47 Å². The monoisotopic (exact) mass is 382 g/mol. The quantitative estimate of drug-likeness (QED) is 0.562. The van der Waals surface area contributed by atoms with Crippen LogP contribution in [0.25, 0.3) is 0 Å². The molecular weight excluding hydrogens is 356 g/mol. The summed E-state index contributed by atoms with van der Waals surface area (Å²) in [6, 6.07) is 12.5. The average Bonchev–Trinajstić information content (AvgIpc) is 2.72. The Bertz CT molecular complexity index is 835. The van der Waals surface area contributed by atoms with E-state index in [1.54, 1.807) is 31.2 Å². The zero-order valence-electron chi connectivity index (χ0n) is 16.1. The van der Waals surface area contributed by atoms with E-state index in [-0.39, 0.29) is 6.61 Å². The molecule has 0 saturated heterocycles. The van der Waals surface area contributed by atoms with E-state index >= 15 is 0 Å². The first kappa shape index (κ1) is 19.7. The lowest BCUT2D eigenvalue weighted by Gasteiger charge is -2.19. The third-order valence-electron chi connectivity index (χ3n) is 4.67. The molecule has 2 N–H and O–H groups in total. The molecule has 0 fully saturated rings. The topological polar surface area (TPSA) is 76.7 Å². The van der Waals surface area contributed by atoms with Crippen LogP contribution in [0.15, 0.2) is 42.5 Å². The van der Waals surface area contributed by atoms with Crippen LogP contribution < -0.4 is 15.4 Å². The number of para-hydroxylation sites is 1. The van der Waals surface area contributed by atoms with Gasteiger partial charge in [0, 0.05) is 0 Å². The molecule has 0 bridgehead atoms. The van der Waals surface area contributed by atoms with Crippen molar-refractivity contribution < 1.29 is 19.1 Å². The number of carbonyl (C=O) groups excluding carboxylic acids is 2. The van der Waals surface area contributed by atoms with Crippen LogP contribution in [0.1, 0.15) is 41.3 Å². The second-order valence-electron chi connectivity index (χ2n) is 6.60. The van der Waals surface area contributed by atoms with Gasteiger partial charge in [-0.3, -0.25) is 0 Å². The number of rotatable bonds is 7. The van der Waals surface area contributed by atoms with Gasteiger partial charge < -0.3 is 20.1 Å². The maximum atomic E-state index is 12.2. The summed E-state index contributed by atoms with van der Waals surface area (Å²) in [5.74, 6) is 0.447. The van der Waals surface area contributed by atoms with E-state index in [0.29, 0.717) is 24.4 Å². The highest BCUT2D eigenvalue weighted by atomic mass is 16.5. The van der Waals surface area contributed by atoms with Crippen LogP contribution in [-0.2, 0) is 17.6 Å². The molecule has 2 aromatic rings. The Kier molecular flexibility index (Phi) is 6.89. The molecule has 28 heavy (non-hydrogen) atoms. The molecule has 0 saturated carbocycles. The molecule has 0 atom stereocenters. The number of fused-ring (bicyclic) bond motifs is 1. The first-order valence-corrected chi connectivity index (χ1v) is 9.73. The fraction of sp³-hybridized carbons (Fsp3) is 0.364. The van der Waals surface area contributed by atoms with E-state index in [1.807, 2.05) is 12.1 Å². The lowest BCUT2D eigenvalue weighted by Crippen LogP contribution is -2.32. The van der Waals surface area contributed by atoms with Crippen molar-refractivity contribution in [1.82, 2.24) is 5.32 Å². The number of esters is 1. The molecule has 1 aliphatic rings. The molecular formula is C22H26N2O4. The molecule has 0 heterocycles. The minimum atomic E-state index is -0.462. The molecule has 148 valence electrons. The molecule has 2 aromatic carbocycles. The summed E-state index contributed by atoms with van der Waals surface area (Å²) >= 11 is 0. The Morgan fingerprint density at radius 3 is 2.71 bits per heavy atom. The Labute approximate surface area is 165 Å². The number of ether oxygens (including phenoxy) is 2. The highest BCUT2D eigenvalue weighted by Gasteiger charge is 2.15. The molecule has 0 aromatic heterocycles. The molecule has 1 aliphatic carbocycles. The first-order chi connectivity index (χ1) is 13.7. The number of urea groups is 1. The third-order valence-corrected chi connectivity index (χ3v) is 4.67. The number of anilines is 1. The molecule has 2 amide bonds. The summed E-state index contributed by atoms with van der Waals surface area (Å²) in [7, 11) is 0. The second kappa shape index (κ2) is 9.78. The average molecular weight is 382 g/mol. The largest absolute Gasteiger partial charge is 0.491 e. The fourth-order valence-electron chi connectivity index (χ4n) is 3.35. The van der Waals surface area contributed by atoms with Crippen LogP contribution in [-0.4, -0.2) is 31.8 Å². The number of nitrogens with one attached hydrogen (secondary N) is 2. The van der Waals surface area contributed by atoms with Crippen molar-refractivity contribution in [3.63, 3.8) is 0 Å². The van der Waals surface area contributed by atoms with Crippen molar-refractivity contribution in [1.29, 1.82) is 0 Å². The van der Waals surface area contributed by atoms with Crippen LogP contribution in [0.2, 0.25) is 0 Å². The predicted octanol–water partition coefficient (Wildman–Crippen LogP) is 3.94. The lowest BCUT2D eigenvalue weighted by molar-refractivity contribution is 0.0527. The van der Waals surface area contributed by atoms with Gasteiger partial charge in [-0.2, -0.15) is 0 Å². The van der Waals surface area contributed by atoms with Gasteiger partial charge in [-0.1, -0.05) is 24.3 Å². The van der Waals surface area contributed by atoms with Gasteiger partial charge in [-0.15, -0.1) is 0 Å². The highest BCUT2D eigenvalue weighted by molar-refractivity contribution is 6.00. The van der Waals surface area contributed by atoms with Crippen LogP contribution >= 0.6 is 0 Å². The van der Waals surface area contributed by atoms with Crippen molar-refractivity contribution in [2.24, 2.45) is 0 Å². The third kappa shape index (κ3) is 5.03. The minimum absolute atomic E-state index is 0.278. The van der Waals surface area contributed by atoms with Crippen molar-refractivity contribution >= 4 is 17.7 Å². The van der Waals surface area contributed by atoms with Crippen molar-refractivity contribution in [2.75, 3.05) is 25.1 Å². The molecule has 0 aliphatic heterocycles. The molecule has 3 rings (SSSR count). The van der Waals surface area contributed by atoms with Crippen molar-refractivity contribution in [3.05, 3.63) is 59.2 Å². The number of benzene rings is 2. The smallest absolute Gasteiger partial charge is 0.340 e. The zero-order chi connectivity index (χ0) is 19.8. The summed E-state index contributed by atoms with van der Waals surface area (Å²) in [5.41, 5.74) is 3.40. The maximum Gasteiger partial charge on any atom is 0.340 e. The van der Waals surface area contributed by atoms with Crippen LogP contribution in [0, 0.1) is 0 Å². The number of hydrogen-bond acceptors (Lipinski definition) is 4. The SMILES string of the molecule is CCOC(=O)c1ccccc1NC(=O)NCCOc1cccc2c1CCCC2. The van der Waals surface area contributed by atoms with E-state index in [0.717, 1.165) is 18.6 Å². The van der Waals surface area contributed by atoms with Gasteiger partial charge in [-0.25, -0.2) is 9.59 Å². The van der Waals surface area contributed by atoms with Crippen LogP contribution in [0.3, 0.4) is 0 Å². The number of amides is 2. The Hall–Kier alpha value is -3.02. The normalized spacial score (nSPS) is 12.6. The Morgan fingerprint density at radius 2 is 1.86 bits per heavy atom. The summed E-state index contributed by atoms with van der Waals surface area (Å²) in [6.07, 6.45) is 4.57. The molecule has 0 unspecified atom stereocenters. The van der Waals surface area contributed by atoms with Gasteiger partial charge >= 0.3 is 12.0 Å². The summed E-state index contributed by atoms with van der Waals surface area (Å²) < 4.78 is 10.9. The Balaban J connectivity index is 1.49. The summed E-state index contributed by atoms with van der Waals surface area (Å²) in [6.45, 7) is 2.75. The molecule has 0 radical (unpaired) electrons. The van der Waals surface area contributed by atoms with Gasteiger partial charge in [-0.05, 0) is 61.9 Å². The zero-order valence-corrected chi connectivity index (χ0v) is 16.1. The lowest BCUT2D eigenvalue weighted by atomic mass is 9.91. The van der Waals surface area contributed by atoms with E-state index in [1.165, 1.54) is 24.0 Å². The maximum absolute atomic E-state index is 12.2. The molecule has 6 heteroatoms. The van der Waals surface area contributed by atoms with Gasteiger partial charge in [0.15, 0.2) is 0 Å². The number of aryl methyl sites for hydroxylation is 1. The Morgan fingerprint density at radius 1 is 1.04 bits per heavy atom. The molecule has 6 nitrogen and oxygen atoms in total. The van der Waals surface area contributed by atoms with Crippen molar-refractivity contribution in [3.8, 4) is 5.75 Å². The second-order valence-corrected chi connectivity index (χ2v) is 6.60.